The third kappa shape index (κ3) is 2.91. The maximum Gasteiger partial charge on any atom is 0.350 e. The highest BCUT2D eigenvalue weighted by Crippen LogP contribution is 2.31. The van der Waals surface area contributed by atoms with Crippen LogP contribution in [0.25, 0.3) is 0 Å². The van der Waals surface area contributed by atoms with Crippen LogP contribution in [0.2, 0.25) is 0 Å². The highest BCUT2D eigenvalue weighted by atomic mass is 32.1. The lowest BCUT2D eigenvalue weighted by Gasteiger charge is -1.98. The number of nitrogens with one attached hydrogen (secondary N) is 1. The van der Waals surface area contributed by atoms with E-state index in [1.807, 2.05) is 6.07 Å². The molecule has 0 saturated carbocycles. The van der Waals surface area contributed by atoms with E-state index in [4.69, 9.17) is 4.74 Å². The van der Waals surface area contributed by atoms with Crippen LogP contribution in [0.3, 0.4) is 0 Å². The summed E-state index contributed by atoms with van der Waals surface area (Å²) in [5, 5.41) is 3.21. The zero-order valence-corrected chi connectivity index (χ0v) is 14.0. The molecule has 2 aromatic heterocycles. The van der Waals surface area contributed by atoms with E-state index in [0.717, 1.165) is 24.2 Å². The maximum atomic E-state index is 12.3. The summed E-state index contributed by atoms with van der Waals surface area (Å²) in [7, 11) is 0. The van der Waals surface area contributed by atoms with Crippen LogP contribution in [-0.4, -0.2) is 23.5 Å². The maximum absolute atomic E-state index is 12.3. The third-order valence-corrected chi connectivity index (χ3v) is 5.74. The normalized spacial score (nSPS) is 13.0. The fourth-order valence-corrected chi connectivity index (χ4v) is 4.44. The number of anilines is 1. The SMILES string of the molecule is CCOC(=O)c1sc(NC(=O)c2cc3c(s2)CCC3)nc1C. The number of thiophene rings is 1. The van der Waals surface area contributed by atoms with Gasteiger partial charge in [-0.2, -0.15) is 0 Å². The number of hydrogen-bond donors (Lipinski definition) is 1. The van der Waals surface area contributed by atoms with Crippen molar-refractivity contribution < 1.29 is 14.3 Å². The molecule has 22 heavy (non-hydrogen) atoms. The Labute approximate surface area is 136 Å². The lowest BCUT2D eigenvalue weighted by molar-refractivity contribution is 0.0531. The molecule has 0 spiro atoms. The van der Waals surface area contributed by atoms with Crippen LogP contribution in [0.5, 0.6) is 0 Å². The highest BCUT2D eigenvalue weighted by Gasteiger charge is 2.21. The molecular formula is C15H16N2O3S2. The molecule has 1 aliphatic carbocycles. The van der Waals surface area contributed by atoms with Gasteiger partial charge < -0.3 is 4.74 Å². The van der Waals surface area contributed by atoms with Crippen LogP contribution in [0.4, 0.5) is 5.13 Å². The molecule has 0 fully saturated rings. The van der Waals surface area contributed by atoms with E-state index in [9.17, 15) is 9.59 Å². The summed E-state index contributed by atoms with van der Waals surface area (Å²) in [6.07, 6.45) is 3.30. The number of carbonyl (C=O) groups excluding carboxylic acids is 2. The summed E-state index contributed by atoms with van der Waals surface area (Å²) in [5.41, 5.74) is 1.87. The fourth-order valence-electron chi connectivity index (χ4n) is 2.44. The van der Waals surface area contributed by atoms with Crippen molar-refractivity contribution in [1.82, 2.24) is 4.98 Å². The van der Waals surface area contributed by atoms with Crippen LogP contribution in [0.15, 0.2) is 6.07 Å². The molecule has 0 aromatic carbocycles. The van der Waals surface area contributed by atoms with Crippen molar-refractivity contribution in [2.75, 3.05) is 11.9 Å². The molecule has 0 bridgehead atoms. The minimum atomic E-state index is -0.395. The molecular weight excluding hydrogens is 320 g/mol. The van der Waals surface area contributed by atoms with Crippen LogP contribution in [0, 0.1) is 6.92 Å². The van der Waals surface area contributed by atoms with Gasteiger partial charge in [0.1, 0.15) is 4.88 Å². The van der Waals surface area contributed by atoms with Crippen molar-refractivity contribution in [3.8, 4) is 0 Å². The van der Waals surface area contributed by atoms with Crippen LogP contribution in [0.1, 0.15) is 48.8 Å². The average molecular weight is 336 g/mol. The molecule has 0 unspecified atom stereocenters. The summed E-state index contributed by atoms with van der Waals surface area (Å²) >= 11 is 2.70. The Morgan fingerprint density at radius 2 is 2.18 bits per heavy atom. The Kier molecular flexibility index (Phi) is 4.26. The molecule has 5 nitrogen and oxygen atoms in total. The van der Waals surface area contributed by atoms with Gasteiger partial charge in [0, 0.05) is 4.88 Å². The molecule has 0 atom stereocenters. The predicted octanol–water partition coefficient (Wildman–Crippen LogP) is 3.43. The second kappa shape index (κ2) is 6.18. The first-order valence-electron chi connectivity index (χ1n) is 7.16. The number of esters is 1. The second-order valence-corrected chi connectivity index (χ2v) is 7.16. The number of fused-ring (bicyclic) bond motifs is 1. The van der Waals surface area contributed by atoms with Crippen LogP contribution in [-0.2, 0) is 17.6 Å². The number of thiazole rings is 1. The molecule has 1 aliphatic rings. The lowest BCUT2D eigenvalue weighted by Crippen LogP contribution is -2.09. The largest absolute Gasteiger partial charge is 0.462 e. The van der Waals surface area contributed by atoms with Gasteiger partial charge in [0.05, 0.1) is 17.2 Å². The second-order valence-electron chi connectivity index (χ2n) is 5.02. The van der Waals surface area contributed by atoms with Crippen molar-refractivity contribution in [2.24, 2.45) is 0 Å². The Morgan fingerprint density at radius 1 is 1.36 bits per heavy atom. The fraction of sp³-hybridized carbons (Fsp3) is 0.400. The van der Waals surface area contributed by atoms with Crippen LogP contribution < -0.4 is 5.32 Å². The van der Waals surface area contributed by atoms with Gasteiger partial charge in [-0.25, -0.2) is 9.78 Å². The number of hydrogen-bond acceptors (Lipinski definition) is 6. The van der Waals surface area contributed by atoms with E-state index in [1.54, 1.807) is 25.2 Å². The predicted molar refractivity (Wildman–Crippen MR) is 87.1 cm³/mol. The van der Waals surface area contributed by atoms with Gasteiger partial charge in [-0.15, -0.1) is 11.3 Å². The van der Waals surface area contributed by atoms with Gasteiger partial charge in [0.25, 0.3) is 5.91 Å². The standard InChI is InChI=1S/C15H16N2O3S2/c1-3-20-14(19)12-8(2)16-15(22-12)17-13(18)11-7-9-5-4-6-10(9)21-11/h7H,3-6H2,1-2H3,(H,16,17,18). The molecule has 0 saturated heterocycles. The minimum Gasteiger partial charge on any atom is -0.462 e. The Balaban J connectivity index is 1.73. The topological polar surface area (TPSA) is 68.3 Å². The monoisotopic (exact) mass is 336 g/mol. The van der Waals surface area contributed by atoms with E-state index in [0.29, 0.717) is 27.2 Å². The van der Waals surface area contributed by atoms with Gasteiger partial charge >= 0.3 is 5.97 Å². The zero-order chi connectivity index (χ0) is 15.7. The van der Waals surface area contributed by atoms with Crippen molar-refractivity contribution in [2.45, 2.75) is 33.1 Å². The van der Waals surface area contributed by atoms with Gasteiger partial charge in [0.2, 0.25) is 0 Å². The first-order chi connectivity index (χ1) is 10.6. The first-order valence-corrected chi connectivity index (χ1v) is 8.79. The van der Waals surface area contributed by atoms with Gasteiger partial charge in [0.15, 0.2) is 5.13 Å². The Hall–Kier alpha value is -1.73. The van der Waals surface area contributed by atoms with E-state index in [-0.39, 0.29) is 5.91 Å². The molecule has 0 radical (unpaired) electrons. The van der Waals surface area contributed by atoms with E-state index in [2.05, 4.69) is 10.3 Å². The number of carbonyl (C=O) groups is 2. The molecule has 0 aliphatic heterocycles. The minimum absolute atomic E-state index is 0.163. The van der Waals surface area contributed by atoms with E-state index < -0.39 is 5.97 Å². The van der Waals surface area contributed by atoms with Gasteiger partial charge in [-0.3, -0.25) is 10.1 Å². The zero-order valence-electron chi connectivity index (χ0n) is 12.4. The van der Waals surface area contributed by atoms with Crippen molar-refractivity contribution in [3.63, 3.8) is 0 Å². The van der Waals surface area contributed by atoms with Crippen LogP contribution >= 0.6 is 22.7 Å². The first kappa shape index (κ1) is 15.2. The van der Waals surface area contributed by atoms with Crippen molar-refractivity contribution >= 4 is 39.7 Å². The molecule has 116 valence electrons. The summed E-state index contributed by atoms with van der Waals surface area (Å²) in [4.78, 5) is 30.7. The third-order valence-electron chi connectivity index (χ3n) is 3.45. The molecule has 1 amide bonds. The number of ether oxygens (including phenoxy) is 1. The number of aryl methyl sites for hydroxylation is 3. The van der Waals surface area contributed by atoms with Gasteiger partial charge in [-0.05, 0) is 44.7 Å². The molecule has 2 aromatic rings. The number of amides is 1. The quantitative estimate of drug-likeness (QED) is 0.869. The lowest BCUT2D eigenvalue weighted by atomic mass is 10.2. The number of rotatable bonds is 4. The van der Waals surface area contributed by atoms with Gasteiger partial charge in [-0.1, -0.05) is 11.3 Å². The molecule has 1 N–H and O–H groups in total. The molecule has 2 heterocycles. The smallest absolute Gasteiger partial charge is 0.350 e. The average Bonchev–Trinajstić information content (AvgIpc) is 3.12. The Bertz CT molecular complexity index is 712. The molecule has 7 heteroatoms. The highest BCUT2D eigenvalue weighted by molar-refractivity contribution is 7.18. The number of nitrogens with zero attached hydrogens (tertiary/aromatic N) is 1. The summed E-state index contributed by atoms with van der Waals surface area (Å²) in [6, 6.07) is 1.97. The van der Waals surface area contributed by atoms with Crippen molar-refractivity contribution in [3.05, 3.63) is 32.0 Å². The van der Waals surface area contributed by atoms with E-state index >= 15 is 0 Å². The van der Waals surface area contributed by atoms with Crippen molar-refractivity contribution in [1.29, 1.82) is 0 Å². The summed E-state index contributed by atoms with van der Waals surface area (Å²) < 4.78 is 4.97. The van der Waals surface area contributed by atoms with E-state index in [1.165, 1.54) is 16.9 Å². The Morgan fingerprint density at radius 3 is 2.91 bits per heavy atom. The summed E-state index contributed by atoms with van der Waals surface area (Å²) in [5.74, 6) is -0.559. The molecule has 3 rings (SSSR count). The summed E-state index contributed by atoms with van der Waals surface area (Å²) in [6.45, 7) is 3.81. The number of aromatic nitrogens is 1.